The number of rotatable bonds is 3. The maximum absolute atomic E-state index is 9.35. The first-order valence-electron chi connectivity index (χ1n) is 6.03. The first-order chi connectivity index (χ1) is 9.65. The highest BCUT2D eigenvalue weighted by molar-refractivity contribution is 5.40. The van der Waals surface area contributed by atoms with Crippen LogP contribution in [0, 0.1) is 22.7 Å². The topological polar surface area (TPSA) is 88.0 Å². The van der Waals surface area contributed by atoms with Crippen LogP contribution in [0.5, 0.6) is 11.5 Å². The van der Waals surface area contributed by atoms with E-state index in [0.29, 0.717) is 11.1 Å². The van der Waals surface area contributed by atoms with E-state index in [0.717, 1.165) is 0 Å². The Bertz CT molecular complexity index is 602. The molecule has 0 bridgehead atoms. The first kappa shape index (κ1) is 13.5. The second-order valence-corrected chi connectivity index (χ2v) is 4.40. The lowest BCUT2D eigenvalue weighted by atomic mass is 9.83. The third kappa shape index (κ3) is 2.71. The van der Waals surface area contributed by atoms with Gasteiger partial charge in [0.15, 0.2) is 0 Å². The monoisotopic (exact) mass is 264 g/mol. The molecule has 0 aliphatic carbocycles. The minimum atomic E-state index is -0.634. The van der Waals surface area contributed by atoms with Gasteiger partial charge in [-0.3, -0.25) is 0 Å². The van der Waals surface area contributed by atoms with Crippen molar-refractivity contribution in [3.63, 3.8) is 0 Å². The molecule has 0 aromatic heterocycles. The number of benzene rings is 2. The third-order valence-electron chi connectivity index (χ3n) is 3.12. The van der Waals surface area contributed by atoms with Crippen molar-refractivity contribution in [2.45, 2.75) is 11.8 Å². The van der Waals surface area contributed by atoms with Crippen LogP contribution in [0.2, 0.25) is 0 Å². The molecule has 2 aromatic carbocycles. The molecule has 0 radical (unpaired) electrons. The van der Waals surface area contributed by atoms with Crippen molar-refractivity contribution in [2.75, 3.05) is 0 Å². The lowest BCUT2D eigenvalue weighted by Crippen LogP contribution is -2.08. The summed E-state index contributed by atoms with van der Waals surface area (Å²) in [5.41, 5.74) is 1.34. The number of phenolic OH excluding ortho intramolecular Hbond substituents is 2. The maximum atomic E-state index is 9.35. The van der Waals surface area contributed by atoms with E-state index < -0.39 is 11.8 Å². The molecule has 0 amide bonds. The van der Waals surface area contributed by atoms with Crippen LogP contribution in [-0.2, 0) is 0 Å². The SMILES string of the molecule is N#CC(c1ccc(O)cc1)[C@H](C#N)c1ccc(O)cc1. The molecule has 4 nitrogen and oxygen atoms in total. The fourth-order valence-electron chi connectivity index (χ4n) is 2.05. The molecule has 2 atom stereocenters. The van der Waals surface area contributed by atoms with Gasteiger partial charge in [0.05, 0.1) is 24.0 Å². The van der Waals surface area contributed by atoms with Crippen LogP contribution < -0.4 is 0 Å². The largest absolute Gasteiger partial charge is 0.508 e. The van der Waals surface area contributed by atoms with Crippen LogP contribution in [0.4, 0.5) is 0 Å². The van der Waals surface area contributed by atoms with Crippen LogP contribution >= 0.6 is 0 Å². The van der Waals surface area contributed by atoms with Crippen molar-refractivity contribution in [3.05, 3.63) is 59.7 Å². The molecule has 0 spiro atoms. The summed E-state index contributed by atoms with van der Waals surface area (Å²) in [7, 11) is 0. The second-order valence-electron chi connectivity index (χ2n) is 4.40. The average molecular weight is 264 g/mol. The molecule has 0 aliphatic heterocycles. The van der Waals surface area contributed by atoms with E-state index in [-0.39, 0.29) is 11.5 Å². The van der Waals surface area contributed by atoms with Crippen molar-refractivity contribution in [1.29, 1.82) is 10.5 Å². The van der Waals surface area contributed by atoms with Gasteiger partial charge in [-0.1, -0.05) is 24.3 Å². The normalized spacial score (nSPS) is 12.9. The highest BCUT2D eigenvalue weighted by Crippen LogP contribution is 2.33. The minimum absolute atomic E-state index is 0.114. The number of nitriles is 2. The Hall–Kier alpha value is -2.98. The molecular formula is C16H12N2O2. The lowest BCUT2D eigenvalue weighted by Gasteiger charge is -2.16. The fourth-order valence-corrected chi connectivity index (χ4v) is 2.05. The van der Waals surface area contributed by atoms with Gasteiger partial charge in [0.25, 0.3) is 0 Å². The predicted molar refractivity (Wildman–Crippen MR) is 72.9 cm³/mol. The molecule has 98 valence electrons. The van der Waals surface area contributed by atoms with Crippen molar-refractivity contribution in [2.24, 2.45) is 0 Å². The maximum Gasteiger partial charge on any atom is 0.115 e. The molecule has 1 unspecified atom stereocenters. The van der Waals surface area contributed by atoms with Crippen LogP contribution in [0.3, 0.4) is 0 Å². The number of phenols is 2. The van der Waals surface area contributed by atoms with E-state index in [1.54, 1.807) is 24.3 Å². The summed E-state index contributed by atoms with van der Waals surface area (Å²) in [6.07, 6.45) is 0. The van der Waals surface area contributed by atoms with Gasteiger partial charge in [0, 0.05) is 0 Å². The summed E-state index contributed by atoms with van der Waals surface area (Å²) in [6.45, 7) is 0. The molecule has 2 aromatic rings. The Morgan fingerprint density at radius 2 is 0.950 bits per heavy atom. The highest BCUT2D eigenvalue weighted by Gasteiger charge is 2.24. The summed E-state index contributed by atoms with van der Waals surface area (Å²) < 4.78 is 0. The lowest BCUT2D eigenvalue weighted by molar-refractivity contribution is 0.474. The quantitative estimate of drug-likeness (QED) is 0.891. The highest BCUT2D eigenvalue weighted by atomic mass is 16.3. The molecule has 0 fully saturated rings. The van der Waals surface area contributed by atoms with Gasteiger partial charge < -0.3 is 10.2 Å². The Morgan fingerprint density at radius 3 is 1.20 bits per heavy atom. The Balaban J connectivity index is 2.38. The smallest absolute Gasteiger partial charge is 0.115 e. The van der Waals surface area contributed by atoms with E-state index in [1.807, 2.05) is 0 Å². The molecule has 0 saturated heterocycles. The van der Waals surface area contributed by atoms with Crippen molar-refractivity contribution in [1.82, 2.24) is 0 Å². The van der Waals surface area contributed by atoms with Crippen molar-refractivity contribution >= 4 is 0 Å². The first-order valence-corrected chi connectivity index (χ1v) is 6.03. The summed E-state index contributed by atoms with van der Waals surface area (Å²) in [6, 6.07) is 16.8. The van der Waals surface area contributed by atoms with Crippen LogP contribution in [0.15, 0.2) is 48.5 Å². The average Bonchev–Trinajstić information content (AvgIpc) is 2.47. The second kappa shape index (κ2) is 5.77. The van der Waals surface area contributed by atoms with E-state index in [1.165, 1.54) is 24.3 Å². The van der Waals surface area contributed by atoms with Gasteiger partial charge in [-0.2, -0.15) is 10.5 Å². The molecule has 4 heteroatoms. The molecule has 0 heterocycles. The van der Waals surface area contributed by atoms with Gasteiger partial charge in [0.1, 0.15) is 11.5 Å². The van der Waals surface area contributed by atoms with Crippen LogP contribution in [-0.4, -0.2) is 10.2 Å². The van der Waals surface area contributed by atoms with Crippen molar-refractivity contribution < 1.29 is 10.2 Å². The summed E-state index contributed by atoms with van der Waals surface area (Å²) in [4.78, 5) is 0. The number of hydrogen-bond acceptors (Lipinski definition) is 4. The summed E-state index contributed by atoms with van der Waals surface area (Å²) >= 11 is 0. The Morgan fingerprint density at radius 1 is 0.650 bits per heavy atom. The third-order valence-corrected chi connectivity index (χ3v) is 3.12. The molecule has 2 N–H and O–H groups in total. The molecule has 2 rings (SSSR count). The molecule has 0 aliphatic rings. The van der Waals surface area contributed by atoms with Crippen LogP contribution in [0.1, 0.15) is 23.0 Å². The Kier molecular flexibility index (Phi) is 3.88. The van der Waals surface area contributed by atoms with Gasteiger partial charge >= 0.3 is 0 Å². The Labute approximate surface area is 116 Å². The van der Waals surface area contributed by atoms with E-state index >= 15 is 0 Å². The summed E-state index contributed by atoms with van der Waals surface area (Å²) in [5.74, 6) is -1.04. The molecule has 0 saturated carbocycles. The van der Waals surface area contributed by atoms with Gasteiger partial charge in [-0.25, -0.2) is 0 Å². The zero-order chi connectivity index (χ0) is 14.5. The zero-order valence-electron chi connectivity index (χ0n) is 10.6. The van der Waals surface area contributed by atoms with E-state index in [9.17, 15) is 20.7 Å². The van der Waals surface area contributed by atoms with E-state index in [2.05, 4.69) is 12.1 Å². The number of hydrogen-bond donors (Lipinski definition) is 2. The molecular weight excluding hydrogens is 252 g/mol. The van der Waals surface area contributed by atoms with E-state index in [4.69, 9.17) is 0 Å². The van der Waals surface area contributed by atoms with Gasteiger partial charge in [-0.15, -0.1) is 0 Å². The molecule has 20 heavy (non-hydrogen) atoms. The summed E-state index contributed by atoms with van der Waals surface area (Å²) in [5, 5.41) is 37.3. The fraction of sp³-hybridized carbons (Fsp3) is 0.125. The zero-order valence-corrected chi connectivity index (χ0v) is 10.6. The van der Waals surface area contributed by atoms with Gasteiger partial charge in [-0.05, 0) is 35.4 Å². The predicted octanol–water partition coefficient (Wildman–Crippen LogP) is 3.01. The number of aromatic hydroxyl groups is 2. The van der Waals surface area contributed by atoms with Gasteiger partial charge in [0.2, 0.25) is 0 Å². The number of nitrogens with zero attached hydrogens (tertiary/aromatic N) is 2. The minimum Gasteiger partial charge on any atom is -0.508 e. The standard InChI is InChI=1S/C16H12N2O2/c17-9-15(11-1-5-13(19)6-2-11)16(10-18)12-3-7-14(20)8-4-12/h1-8,15-16,19-20H/t15-,16?/m1/s1. The van der Waals surface area contributed by atoms with Crippen LogP contribution in [0.25, 0.3) is 0 Å². The van der Waals surface area contributed by atoms with Crippen molar-refractivity contribution in [3.8, 4) is 23.6 Å².